The fraction of sp³-hybridized carbons (Fsp3) is 0.314. The highest BCUT2D eigenvalue weighted by atomic mass is 16.8. The summed E-state index contributed by atoms with van der Waals surface area (Å²) in [6.07, 6.45) is -1.92. The summed E-state index contributed by atoms with van der Waals surface area (Å²) in [4.78, 5) is 0. The van der Waals surface area contributed by atoms with Gasteiger partial charge in [0, 0.05) is 0 Å². The quantitative estimate of drug-likeness (QED) is 0.299. The number of rotatable bonds is 6. The molecular formula is C35H38O4. The molecule has 0 saturated carbocycles. The van der Waals surface area contributed by atoms with Crippen LogP contribution in [0.2, 0.25) is 0 Å². The molecule has 0 aromatic heterocycles. The SMILES string of the molecule is Cc1ccccc1C(O)(c1ccccc1C)[C@H]1OC(C)(C)O[C@@H]1C(O)(c1ccccc1C)c1ccccc1C. The smallest absolute Gasteiger partial charge is 0.164 e. The first-order chi connectivity index (χ1) is 18.5. The minimum Gasteiger partial charge on any atom is -0.377 e. The van der Waals surface area contributed by atoms with Gasteiger partial charge < -0.3 is 19.7 Å². The van der Waals surface area contributed by atoms with Crippen molar-refractivity contribution in [2.75, 3.05) is 0 Å². The van der Waals surface area contributed by atoms with Crippen LogP contribution in [0.4, 0.5) is 0 Å². The molecule has 0 unspecified atom stereocenters. The third-order valence-corrected chi connectivity index (χ3v) is 8.14. The second-order valence-corrected chi connectivity index (χ2v) is 11.3. The molecule has 1 heterocycles. The van der Waals surface area contributed by atoms with Crippen molar-refractivity contribution in [2.24, 2.45) is 0 Å². The summed E-state index contributed by atoms with van der Waals surface area (Å²) < 4.78 is 13.4. The molecule has 0 amide bonds. The summed E-state index contributed by atoms with van der Waals surface area (Å²) in [7, 11) is 0. The Labute approximate surface area is 231 Å². The van der Waals surface area contributed by atoms with E-state index in [0.29, 0.717) is 22.3 Å². The van der Waals surface area contributed by atoms with E-state index >= 15 is 0 Å². The van der Waals surface area contributed by atoms with Crippen LogP contribution in [0.15, 0.2) is 97.1 Å². The van der Waals surface area contributed by atoms with Crippen LogP contribution < -0.4 is 0 Å². The highest BCUT2D eigenvalue weighted by Crippen LogP contribution is 2.52. The van der Waals surface area contributed by atoms with E-state index in [1.165, 1.54) is 0 Å². The Kier molecular flexibility index (Phi) is 7.02. The van der Waals surface area contributed by atoms with E-state index in [9.17, 15) is 10.2 Å². The number of ether oxygens (including phenoxy) is 2. The molecule has 4 nitrogen and oxygen atoms in total. The van der Waals surface area contributed by atoms with Gasteiger partial charge in [-0.25, -0.2) is 0 Å². The number of hydrogen-bond acceptors (Lipinski definition) is 4. The maximum atomic E-state index is 13.1. The number of aliphatic hydroxyl groups is 2. The normalized spacial score (nSPS) is 19.3. The Morgan fingerprint density at radius 2 is 0.718 bits per heavy atom. The van der Waals surface area contributed by atoms with Crippen molar-refractivity contribution in [1.29, 1.82) is 0 Å². The Morgan fingerprint density at radius 1 is 0.487 bits per heavy atom. The van der Waals surface area contributed by atoms with Crippen LogP contribution >= 0.6 is 0 Å². The second kappa shape index (κ2) is 10.0. The summed E-state index contributed by atoms with van der Waals surface area (Å²) in [5.74, 6) is -1.08. The molecule has 0 aliphatic carbocycles. The maximum Gasteiger partial charge on any atom is 0.164 e. The molecule has 4 aromatic carbocycles. The maximum absolute atomic E-state index is 13.1. The summed E-state index contributed by atoms with van der Waals surface area (Å²) >= 11 is 0. The number of aryl methyl sites for hydroxylation is 4. The molecule has 202 valence electrons. The molecule has 4 aromatic rings. The fourth-order valence-electron chi connectivity index (χ4n) is 6.28. The first kappa shape index (κ1) is 27.3. The Morgan fingerprint density at radius 3 is 0.949 bits per heavy atom. The van der Waals surface area contributed by atoms with Gasteiger partial charge in [0.05, 0.1) is 0 Å². The van der Waals surface area contributed by atoms with Crippen molar-refractivity contribution < 1.29 is 19.7 Å². The Hall–Kier alpha value is -3.28. The van der Waals surface area contributed by atoms with Gasteiger partial charge in [0.1, 0.15) is 23.4 Å². The first-order valence-corrected chi connectivity index (χ1v) is 13.5. The predicted octanol–water partition coefficient (Wildman–Crippen LogP) is 6.61. The van der Waals surface area contributed by atoms with Crippen molar-refractivity contribution in [2.45, 2.75) is 70.7 Å². The lowest BCUT2D eigenvalue weighted by Gasteiger charge is -2.44. The summed E-state index contributed by atoms with van der Waals surface area (Å²) in [6.45, 7) is 11.6. The van der Waals surface area contributed by atoms with Crippen molar-refractivity contribution in [1.82, 2.24) is 0 Å². The van der Waals surface area contributed by atoms with Crippen LogP contribution in [0.25, 0.3) is 0 Å². The van der Waals surface area contributed by atoms with Gasteiger partial charge in [-0.1, -0.05) is 97.1 Å². The molecule has 1 fully saturated rings. The largest absolute Gasteiger partial charge is 0.377 e. The Balaban J connectivity index is 1.85. The third kappa shape index (κ3) is 4.52. The molecule has 1 aliphatic heterocycles. The molecule has 1 saturated heterocycles. The van der Waals surface area contributed by atoms with Crippen LogP contribution in [0.5, 0.6) is 0 Å². The molecule has 39 heavy (non-hydrogen) atoms. The lowest BCUT2D eigenvalue weighted by atomic mass is 9.69. The monoisotopic (exact) mass is 522 g/mol. The van der Waals surface area contributed by atoms with E-state index < -0.39 is 29.2 Å². The molecule has 0 spiro atoms. The zero-order valence-corrected chi connectivity index (χ0v) is 23.6. The van der Waals surface area contributed by atoms with Crippen molar-refractivity contribution >= 4 is 0 Å². The van der Waals surface area contributed by atoms with Gasteiger partial charge in [0.2, 0.25) is 0 Å². The topological polar surface area (TPSA) is 58.9 Å². The predicted molar refractivity (Wildman–Crippen MR) is 155 cm³/mol. The van der Waals surface area contributed by atoms with Crippen molar-refractivity contribution in [3.8, 4) is 0 Å². The van der Waals surface area contributed by atoms with Crippen LogP contribution in [0.1, 0.15) is 58.4 Å². The molecule has 4 heteroatoms. The lowest BCUT2D eigenvalue weighted by molar-refractivity contribution is -0.172. The zero-order chi connectivity index (χ0) is 28.0. The average molecular weight is 523 g/mol. The first-order valence-electron chi connectivity index (χ1n) is 13.5. The number of hydrogen-bond donors (Lipinski definition) is 2. The number of benzene rings is 4. The highest BCUT2D eigenvalue weighted by Gasteiger charge is 2.62. The molecule has 0 bridgehead atoms. The van der Waals surface area contributed by atoms with Gasteiger partial charge >= 0.3 is 0 Å². The standard InChI is InChI=1S/C35H38O4/c1-23-15-7-11-19-27(23)34(36,28-20-12-8-16-24(28)2)31-32(39-33(5,6)38-31)35(37,29-21-13-9-17-25(29)3)30-22-14-10-18-26(30)4/h7-22,31-32,36-37H,1-6H3/t31-,32-/m0/s1. The zero-order valence-electron chi connectivity index (χ0n) is 23.6. The van der Waals surface area contributed by atoms with E-state index in [1.807, 2.05) is 139 Å². The van der Waals surface area contributed by atoms with Gasteiger partial charge in [0.15, 0.2) is 5.79 Å². The summed E-state index contributed by atoms with van der Waals surface area (Å²) in [6, 6.07) is 31.3. The molecular weight excluding hydrogens is 484 g/mol. The Bertz CT molecular complexity index is 1290. The fourth-order valence-corrected chi connectivity index (χ4v) is 6.28. The van der Waals surface area contributed by atoms with Crippen LogP contribution in [-0.4, -0.2) is 28.2 Å². The third-order valence-electron chi connectivity index (χ3n) is 8.14. The van der Waals surface area contributed by atoms with Crippen molar-refractivity contribution in [3.05, 3.63) is 142 Å². The van der Waals surface area contributed by atoms with E-state index in [0.717, 1.165) is 22.3 Å². The summed E-state index contributed by atoms with van der Waals surface area (Å²) in [5.41, 5.74) is 3.29. The lowest BCUT2D eigenvalue weighted by Crippen LogP contribution is -2.55. The van der Waals surface area contributed by atoms with Gasteiger partial charge in [-0.2, -0.15) is 0 Å². The second-order valence-electron chi connectivity index (χ2n) is 11.3. The minimum absolute atomic E-state index is 0.715. The van der Waals surface area contributed by atoms with E-state index in [4.69, 9.17) is 9.47 Å². The molecule has 2 atom stereocenters. The molecule has 0 radical (unpaired) electrons. The van der Waals surface area contributed by atoms with Crippen LogP contribution in [0, 0.1) is 27.7 Å². The van der Waals surface area contributed by atoms with Gasteiger partial charge in [-0.15, -0.1) is 0 Å². The van der Waals surface area contributed by atoms with Gasteiger partial charge in [0.25, 0.3) is 0 Å². The van der Waals surface area contributed by atoms with E-state index in [2.05, 4.69) is 0 Å². The van der Waals surface area contributed by atoms with Gasteiger partial charge in [-0.05, 0) is 86.1 Å². The van der Waals surface area contributed by atoms with E-state index in [1.54, 1.807) is 0 Å². The minimum atomic E-state index is -1.63. The van der Waals surface area contributed by atoms with E-state index in [-0.39, 0.29) is 0 Å². The van der Waals surface area contributed by atoms with Crippen LogP contribution in [-0.2, 0) is 20.7 Å². The molecule has 2 N–H and O–H groups in total. The van der Waals surface area contributed by atoms with Crippen LogP contribution in [0.3, 0.4) is 0 Å². The molecule has 1 aliphatic rings. The van der Waals surface area contributed by atoms with Crippen molar-refractivity contribution in [3.63, 3.8) is 0 Å². The highest BCUT2D eigenvalue weighted by molar-refractivity contribution is 5.50. The molecule has 5 rings (SSSR count). The summed E-state index contributed by atoms with van der Waals surface area (Å²) in [5, 5.41) is 26.2. The van der Waals surface area contributed by atoms with Gasteiger partial charge in [-0.3, -0.25) is 0 Å². The average Bonchev–Trinajstić information content (AvgIpc) is 3.25.